The number of rotatable bonds is 5. The van der Waals surface area contributed by atoms with E-state index in [1.54, 1.807) is 18.2 Å². The van der Waals surface area contributed by atoms with Crippen molar-refractivity contribution in [3.05, 3.63) is 24.3 Å². The largest absolute Gasteiger partial charge is 0.399 e. The highest BCUT2D eigenvalue weighted by Gasteiger charge is 2.20. The van der Waals surface area contributed by atoms with Crippen molar-refractivity contribution in [2.45, 2.75) is 43.9 Å². The first kappa shape index (κ1) is 15.3. The van der Waals surface area contributed by atoms with E-state index < -0.39 is 10.0 Å². The molecule has 1 aromatic rings. The monoisotopic (exact) mass is 296 g/mol. The van der Waals surface area contributed by atoms with Crippen LogP contribution in [0.15, 0.2) is 29.2 Å². The summed E-state index contributed by atoms with van der Waals surface area (Å²) in [6, 6.07) is 6.40. The fraction of sp³-hybridized carbons (Fsp3) is 0.600. The van der Waals surface area contributed by atoms with E-state index in [9.17, 15) is 8.42 Å². The fourth-order valence-corrected chi connectivity index (χ4v) is 4.09. The number of hydrogen-bond acceptors (Lipinski definition) is 3. The Labute approximate surface area is 121 Å². The molecule has 1 fully saturated rings. The van der Waals surface area contributed by atoms with Crippen LogP contribution in [0.2, 0.25) is 0 Å². The second-order valence-corrected chi connectivity index (χ2v) is 7.66. The maximum Gasteiger partial charge on any atom is 0.240 e. The number of benzene rings is 1. The zero-order valence-electron chi connectivity index (χ0n) is 12.0. The van der Waals surface area contributed by atoms with Crippen molar-refractivity contribution in [3.63, 3.8) is 0 Å². The molecular formula is C15H24N2O2S. The van der Waals surface area contributed by atoms with Gasteiger partial charge in [-0.25, -0.2) is 13.1 Å². The lowest BCUT2D eigenvalue weighted by atomic mass is 9.81. The number of hydrogen-bond donors (Lipinski definition) is 2. The second kappa shape index (κ2) is 6.59. The van der Waals surface area contributed by atoms with Crippen LogP contribution in [-0.2, 0) is 10.0 Å². The third kappa shape index (κ3) is 4.21. The quantitative estimate of drug-likeness (QED) is 0.821. The Morgan fingerprint density at radius 2 is 2.15 bits per heavy atom. The van der Waals surface area contributed by atoms with Crippen LogP contribution in [0.5, 0.6) is 0 Å². The van der Waals surface area contributed by atoms with Crippen molar-refractivity contribution < 1.29 is 8.42 Å². The zero-order chi connectivity index (χ0) is 14.6. The molecule has 112 valence electrons. The Balaban J connectivity index is 1.86. The minimum absolute atomic E-state index is 0.245. The van der Waals surface area contributed by atoms with Crippen molar-refractivity contribution in [1.29, 1.82) is 0 Å². The van der Waals surface area contributed by atoms with Crippen molar-refractivity contribution in [1.82, 2.24) is 4.72 Å². The van der Waals surface area contributed by atoms with Gasteiger partial charge in [0.05, 0.1) is 4.90 Å². The van der Waals surface area contributed by atoms with Gasteiger partial charge in [-0.05, 0) is 42.9 Å². The molecule has 3 N–H and O–H groups in total. The average Bonchev–Trinajstić information content (AvgIpc) is 2.38. The van der Waals surface area contributed by atoms with E-state index in [1.807, 2.05) is 0 Å². The van der Waals surface area contributed by atoms with Gasteiger partial charge in [-0.3, -0.25) is 0 Å². The molecule has 1 saturated carbocycles. The Morgan fingerprint density at radius 3 is 2.85 bits per heavy atom. The van der Waals surface area contributed by atoms with Crippen LogP contribution in [0.3, 0.4) is 0 Å². The number of nitrogens with two attached hydrogens (primary N) is 1. The Kier molecular flexibility index (Phi) is 5.05. The van der Waals surface area contributed by atoms with Gasteiger partial charge in [0.25, 0.3) is 0 Å². The molecule has 0 aliphatic heterocycles. The standard InChI is InChI=1S/C15H24N2O2S/c1-12-4-2-5-13(10-12)8-9-17-20(18,19)15-7-3-6-14(16)11-15/h3,6-7,11-13,17H,2,4-5,8-10,16H2,1H3. The van der Waals surface area contributed by atoms with E-state index in [0.717, 1.165) is 12.3 Å². The highest BCUT2D eigenvalue weighted by molar-refractivity contribution is 7.89. The van der Waals surface area contributed by atoms with Gasteiger partial charge in [0.15, 0.2) is 0 Å². The predicted octanol–water partition coefficient (Wildman–Crippen LogP) is 2.76. The SMILES string of the molecule is CC1CCCC(CCNS(=O)(=O)c2cccc(N)c2)C1. The molecule has 5 heteroatoms. The third-order valence-electron chi connectivity index (χ3n) is 4.06. The van der Waals surface area contributed by atoms with Crippen LogP contribution < -0.4 is 10.5 Å². The van der Waals surface area contributed by atoms with Gasteiger partial charge < -0.3 is 5.73 Å². The van der Waals surface area contributed by atoms with Crippen molar-refractivity contribution in [3.8, 4) is 0 Å². The molecule has 0 heterocycles. The summed E-state index contributed by atoms with van der Waals surface area (Å²) in [7, 11) is -3.43. The van der Waals surface area contributed by atoms with Crippen LogP contribution in [0.4, 0.5) is 5.69 Å². The minimum Gasteiger partial charge on any atom is -0.399 e. The van der Waals surface area contributed by atoms with E-state index in [1.165, 1.54) is 31.7 Å². The number of nitrogens with one attached hydrogen (secondary N) is 1. The lowest BCUT2D eigenvalue weighted by Crippen LogP contribution is -2.27. The molecule has 0 amide bonds. The van der Waals surface area contributed by atoms with Gasteiger partial charge in [-0.2, -0.15) is 0 Å². The van der Waals surface area contributed by atoms with Gasteiger partial charge in [-0.15, -0.1) is 0 Å². The van der Waals surface area contributed by atoms with Crippen molar-refractivity contribution in [2.24, 2.45) is 11.8 Å². The van der Waals surface area contributed by atoms with Gasteiger partial charge in [-0.1, -0.05) is 32.3 Å². The smallest absolute Gasteiger partial charge is 0.240 e. The normalized spacial score (nSPS) is 23.6. The van der Waals surface area contributed by atoms with E-state index in [2.05, 4.69) is 11.6 Å². The molecule has 4 nitrogen and oxygen atoms in total. The predicted molar refractivity (Wildman–Crippen MR) is 81.8 cm³/mol. The van der Waals surface area contributed by atoms with Gasteiger partial charge in [0.2, 0.25) is 10.0 Å². The lowest BCUT2D eigenvalue weighted by Gasteiger charge is -2.26. The Morgan fingerprint density at radius 1 is 1.35 bits per heavy atom. The maximum absolute atomic E-state index is 12.1. The summed E-state index contributed by atoms with van der Waals surface area (Å²) in [6.45, 7) is 2.79. The molecule has 0 spiro atoms. The van der Waals surface area contributed by atoms with Crippen LogP contribution in [0.1, 0.15) is 39.0 Å². The minimum atomic E-state index is -3.43. The van der Waals surface area contributed by atoms with Crippen molar-refractivity contribution >= 4 is 15.7 Å². The van der Waals surface area contributed by atoms with E-state index in [0.29, 0.717) is 18.2 Å². The Bertz CT molecular complexity index is 543. The molecule has 2 unspecified atom stereocenters. The maximum atomic E-state index is 12.1. The molecule has 1 aliphatic carbocycles. The molecule has 1 aromatic carbocycles. The first-order chi connectivity index (χ1) is 9.47. The van der Waals surface area contributed by atoms with Crippen LogP contribution in [-0.4, -0.2) is 15.0 Å². The van der Waals surface area contributed by atoms with Crippen LogP contribution in [0, 0.1) is 11.8 Å². The summed E-state index contributed by atoms with van der Waals surface area (Å²) in [5.41, 5.74) is 6.09. The number of sulfonamides is 1. The first-order valence-electron chi connectivity index (χ1n) is 7.32. The van der Waals surface area contributed by atoms with Gasteiger partial charge in [0.1, 0.15) is 0 Å². The molecule has 2 atom stereocenters. The highest BCUT2D eigenvalue weighted by Crippen LogP contribution is 2.30. The molecule has 2 rings (SSSR count). The summed E-state index contributed by atoms with van der Waals surface area (Å²) in [4.78, 5) is 0.245. The van der Waals surface area contributed by atoms with Crippen LogP contribution in [0.25, 0.3) is 0 Å². The zero-order valence-corrected chi connectivity index (χ0v) is 12.8. The average molecular weight is 296 g/mol. The molecule has 0 radical (unpaired) electrons. The first-order valence-corrected chi connectivity index (χ1v) is 8.81. The number of nitrogen functional groups attached to an aromatic ring is 1. The molecule has 0 saturated heterocycles. The lowest BCUT2D eigenvalue weighted by molar-refractivity contribution is 0.271. The summed E-state index contributed by atoms with van der Waals surface area (Å²) in [5.74, 6) is 1.43. The highest BCUT2D eigenvalue weighted by atomic mass is 32.2. The summed E-state index contributed by atoms with van der Waals surface area (Å²) in [6.07, 6.45) is 5.95. The Hall–Kier alpha value is -1.07. The van der Waals surface area contributed by atoms with E-state index >= 15 is 0 Å². The van der Waals surface area contributed by atoms with E-state index in [4.69, 9.17) is 5.73 Å². The van der Waals surface area contributed by atoms with Gasteiger partial charge >= 0.3 is 0 Å². The topological polar surface area (TPSA) is 72.2 Å². The van der Waals surface area contributed by atoms with Gasteiger partial charge in [0, 0.05) is 12.2 Å². The summed E-state index contributed by atoms with van der Waals surface area (Å²) >= 11 is 0. The molecule has 1 aliphatic rings. The second-order valence-electron chi connectivity index (χ2n) is 5.90. The molecule has 0 aromatic heterocycles. The molecular weight excluding hydrogens is 272 g/mol. The fourth-order valence-electron chi connectivity index (χ4n) is 2.98. The number of anilines is 1. The summed E-state index contributed by atoms with van der Waals surface area (Å²) in [5, 5.41) is 0. The third-order valence-corrected chi connectivity index (χ3v) is 5.52. The molecule has 20 heavy (non-hydrogen) atoms. The van der Waals surface area contributed by atoms with E-state index in [-0.39, 0.29) is 4.90 Å². The van der Waals surface area contributed by atoms with Crippen molar-refractivity contribution in [2.75, 3.05) is 12.3 Å². The summed E-state index contributed by atoms with van der Waals surface area (Å²) < 4.78 is 26.9. The molecule has 0 bridgehead atoms. The van der Waals surface area contributed by atoms with Crippen LogP contribution >= 0.6 is 0 Å².